The van der Waals surface area contributed by atoms with Crippen molar-refractivity contribution < 1.29 is 65.9 Å². The van der Waals surface area contributed by atoms with Crippen molar-refractivity contribution in [1.82, 2.24) is 5.32 Å². The molecule has 0 radical (unpaired) electrons. The van der Waals surface area contributed by atoms with Crippen molar-refractivity contribution in [2.75, 3.05) is 6.54 Å². The highest BCUT2D eigenvalue weighted by atomic mass is 19.4. The van der Waals surface area contributed by atoms with Gasteiger partial charge in [-0.15, -0.1) is 0 Å². The predicted octanol–water partition coefficient (Wildman–Crippen LogP) is 6.71. The van der Waals surface area contributed by atoms with Gasteiger partial charge < -0.3 is 5.32 Å². The third kappa shape index (κ3) is 4.21. The van der Waals surface area contributed by atoms with E-state index in [0.29, 0.717) is 0 Å². The highest BCUT2D eigenvalue weighted by molar-refractivity contribution is 5.18. The van der Waals surface area contributed by atoms with E-state index >= 15 is 0 Å². The maximum absolute atomic E-state index is 13.7. The van der Waals surface area contributed by atoms with E-state index in [1.165, 1.54) is 35.6 Å². The molecule has 0 saturated heterocycles. The molecule has 0 aromatic heterocycles. The summed E-state index contributed by atoms with van der Waals surface area (Å²) in [6, 6.07) is 5.24. The Balaban J connectivity index is 3.30. The molecule has 32 heavy (non-hydrogen) atoms. The first-order valence-electron chi connectivity index (χ1n) is 8.11. The third-order valence-corrected chi connectivity index (χ3v) is 4.32. The molecule has 1 aromatic rings. The van der Waals surface area contributed by atoms with E-state index in [4.69, 9.17) is 0 Å². The van der Waals surface area contributed by atoms with Gasteiger partial charge in [0.2, 0.25) is 0 Å². The summed E-state index contributed by atoms with van der Waals surface area (Å²) in [5.74, 6) is -46.3. The highest BCUT2D eigenvalue weighted by Crippen LogP contribution is 2.62. The summed E-state index contributed by atoms with van der Waals surface area (Å²) in [7, 11) is 0. The van der Waals surface area contributed by atoms with Gasteiger partial charge in [-0.1, -0.05) is 30.3 Å². The molecule has 16 heteroatoms. The van der Waals surface area contributed by atoms with Gasteiger partial charge in [-0.2, -0.15) is 65.9 Å². The summed E-state index contributed by atoms with van der Waals surface area (Å²) in [5.41, 5.74) is 0.0973. The summed E-state index contributed by atoms with van der Waals surface area (Å²) in [6.45, 7) is -1.54. The Morgan fingerprint density at radius 2 is 0.969 bits per heavy atom. The van der Waals surface area contributed by atoms with Gasteiger partial charge in [-0.05, 0) is 12.5 Å². The van der Waals surface area contributed by atoms with E-state index in [-0.39, 0.29) is 5.56 Å². The molecule has 0 spiro atoms. The molecule has 0 bridgehead atoms. The Kier molecular flexibility index (Phi) is 7.19. The van der Waals surface area contributed by atoms with E-state index in [9.17, 15) is 65.9 Å². The normalized spacial score (nSPS) is 16.2. The van der Waals surface area contributed by atoms with Crippen molar-refractivity contribution in [1.29, 1.82) is 0 Å². The first-order valence-corrected chi connectivity index (χ1v) is 8.11. The molecule has 0 amide bonds. The number of alkyl halides is 15. The zero-order chi connectivity index (χ0) is 25.6. The molecule has 1 rings (SSSR count). The van der Waals surface area contributed by atoms with Crippen molar-refractivity contribution in [2.24, 2.45) is 0 Å². The van der Waals surface area contributed by atoms with Crippen molar-refractivity contribution >= 4 is 0 Å². The topological polar surface area (TPSA) is 12.0 Å². The molecule has 1 atom stereocenters. The van der Waals surface area contributed by atoms with Crippen molar-refractivity contribution in [3.8, 4) is 0 Å². The number of halogens is 15. The molecular weight excluding hydrogens is 491 g/mol. The van der Waals surface area contributed by atoms with Crippen LogP contribution in [0.1, 0.15) is 18.5 Å². The lowest BCUT2D eigenvalue weighted by molar-refractivity contribution is -0.452. The molecule has 0 heterocycles. The second-order valence-electron chi connectivity index (χ2n) is 6.59. The van der Waals surface area contributed by atoms with Gasteiger partial charge in [0.15, 0.2) is 0 Å². The van der Waals surface area contributed by atoms with Crippen molar-refractivity contribution in [2.45, 2.75) is 54.7 Å². The molecule has 186 valence electrons. The molecule has 0 saturated carbocycles. The SMILES string of the molecule is C[C@@H](NCC(F)(F)C(F)(F)C(F)(F)C(F)(F)C(F)(F)C(F)(F)C(F)(F)F)c1ccccc1. The Morgan fingerprint density at radius 3 is 1.38 bits per heavy atom. The fraction of sp³-hybridized carbons (Fsp3) is 0.625. The molecule has 1 aromatic carbocycles. The molecule has 0 unspecified atom stereocenters. The van der Waals surface area contributed by atoms with Crippen LogP contribution in [-0.4, -0.2) is 48.3 Å². The van der Waals surface area contributed by atoms with E-state index < -0.39 is 54.3 Å². The minimum atomic E-state index is -8.27. The molecule has 0 fully saturated rings. The predicted molar refractivity (Wildman–Crippen MR) is 78.6 cm³/mol. The average molecular weight is 503 g/mol. The second kappa shape index (κ2) is 8.17. The van der Waals surface area contributed by atoms with Gasteiger partial charge in [0, 0.05) is 6.04 Å². The Morgan fingerprint density at radius 1 is 0.594 bits per heavy atom. The van der Waals surface area contributed by atoms with Crippen LogP contribution in [0.3, 0.4) is 0 Å². The number of hydrogen-bond acceptors (Lipinski definition) is 1. The summed E-state index contributed by atoms with van der Waals surface area (Å²) in [5, 5.41) is 1.54. The summed E-state index contributed by atoms with van der Waals surface area (Å²) in [6.07, 6.45) is -7.61. The number of rotatable bonds is 9. The minimum absolute atomic E-state index is 0.0973. The standard InChI is InChI=1S/C16H12F15N/c1-8(9-5-3-2-4-6-9)32-7-10(17,18)11(19,20)12(21,22)13(23,24)14(25,26)15(27,28)16(29,30)31/h2-6,8,32H,7H2,1H3/t8-/m1/s1. The zero-order valence-corrected chi connectivity index (χ0v) is 15.3. The number of nitrogens with one attached hydrogen (secondary N) is 1. The lowest BCUT2D eigenvalue weighted by Gasteiger charge is -2.41. The maximum atomic E-state index is 13.7. The smallest absolute Gasteiger partial charge is 0.304 e. The number of hydrogen-bond donors (Lipinski definition) is 1. The van der Waals surface area contributed by atoms with Crippen LogP contribution in [0.5, 0.6) is 0 Å². The average Bonchev–Trinajstić information content (AvgIpc) is 2.65. The van der Waals surface area contributed by atoms with Gasteiger partial charge in [-0.25, -0.2) is 0 Å². The highest BCUT2D eigenvalue weighted by Gasteiger charge is 2.93. The quantitative estimate of drug-likeness (QED) is 0.370. The molecule has 0 aliphatic heterocycles. The number of benzene rings is 1. The molecule has 1 nitrogen and oxygen atoms in total. The van der Waals surface area contributed by atoms with Crippen LogP contribution >= 0.6 is 0 Å². The summed E-state index contributed by atoms with van der Waals surface area (Å²) in [4.78, 5) is 0. The van der Waals surface area contributed by atoms with Crippen LogP contribution in [0.15, 0.2) is 30.3 Å². The zero-order valence-electron chi connectivity index (χ0n) is 15.3. The molecule has 0 aliphatic rings. The van der Waals surface area contributed by atoms with E-state index in [1.807, 2.05) is 0 Å². The van der Waals surface area contributed by atoms with Gasteiger partial charge >= 0.3 is 41.7 Å². The van der Waals surface area contributed by atoms with Gasteiger partial charge in [0.1, 0.15) is 0 Å². The minimum Gasteiger partial charge on any atom is -0.304 e. The van der Waals surface area contributed by atoms with Crippen LogP contribution in [0.2, 0.25) is 0 Å². The molecule has 0 aliphatic carbocycles. The van der Waals surface area contributed by atoms with Crippen LogP contribution in [0.25, 0.3) is 0 Å². The van der Waals surface area contributed by atoms with E-state index in [1.54, 1.807) is 0 Å². The largest absolute Gasteiger partial charge is 0.460 e. The van der Waals surface area contributed by atoms with Crippen LogP contribution in [0.4, 0.5) is 65.9 Å². The van der Waals surface area contributed by atoms with Gasteiger partial charge in [-0.3, -0.25) is 0 Å². The Bertz CT molecular complexity index is 769. The van der Waals surface area contributed by atoms with Gasteiger partial charge in [0.25, 0.3) is 0 Å². The Hall–Kier alpha value is -1.87. The van der Waals surface area contributed by atoms with E-state index in [2.05, 4.69) is 0 Å². The summed E-state index contributed by atoms with van der Waals surface area (Å²) >= 11 is 0. The fourth-order valence-electron chi connectivity index (χ4n) is 2.25. The monoisotopic (exact) mass is 503 g/mol. The first kappa shape index (κ1) is 28.2. The molecular formula is C16H12F15N. The second-order valence-corrected chi connectivity index (χ2v) is 6.59. The van der Waals surface area contributed by atoms with Crippen LogP contribution in [-0.2, 0) is 0 Å². The van der Waals surface area contributed by atoms with Crippen molar-refractivity contribution in [3.05, 3.63) is 35.9 Å². The first-order chi connectivity index (χ1) is 14.0. The van der Waals surface area contributed by atoms with Crippen molar-refractivity contribution in [3.63, 3.8) is 0 Å². The van der Waals surface area contributed by atoms with Gasteiger partial charge in [0.05, 0.1) is 6.54 Å². The van der Waals surface area contributed by atoms with Crippen LogP contribution < -0.4 is 5.32 Å². The Labute approximate surface area is 169 Å². The third-order valence-electron chi connectivity index (χ3n) is 4.32. The summed E-state index contributed by atoms with van der Waals surface area (Å²) < 4.78 is 196. The van der Waals surface area contributed by atoms with E-state index in [0.717, 1.165) is 6.92 Å². The lowest BCUT2D eigenvalue weighted by Crippen LogP contribution is -2.73. The van der Waals surface area contributed by atoms with Crippen LogP contribution in [0, 0.1) is 0 Å². The maximum Gasteiger partial charge on any atom is 0.460 e. The fourth-order valence-corrected chi connectivity index (χ4v) is 2.25. The molecule has 1 N–H and O–H groups in total. The lowest BCUT2D eigenvalue weighted by atomic mass is 9.91.